The van der Waals surface area contributed by atoms with Gasteiger partial charge in [-0.3, -0.25) is 4.79 Å². The number of nitrogens with one attached hydrogen (secondary N) is 1. The summed E-state index contributed by atoms with van der Waals surface area (Å²) < 4.78 is 5.95. The van der Waals surface area contributed by atoms with Gasteiger partial charge in [0.1, 0.15) is 5.69 Å². The first-order chi connectivity index (χ1) is 15.9. The predicted molar refractivity (Wildman–Crippen MR) is 135 cm³/mol. The quantitative estimate of drug-likeness (QED) is 0.419. The molecule has 0 saturated heterocycles. The summed E-state index contributed by atoms with van der Waals surface area (Å²) in [5.74, 6) is -1.51. The van der Waals surface area contributed by atoms with Crippen LogP contribution in [0.15, 0.2) is 48.5 Å². The smallest absolute Gasteiger partial charge is 0.337 e. The van der Waals surface area contributed by atoms with E-state index < -0.39 is 17.7 Å². The molecule has 0 aliphatic heterocycles. The number of pyridine rings is 1. The molecule has 6 nitrogen and oxygen atoms in total. The Hall–Kier alpha value is -3.22. The number of aromatic nitrogens is 1. The van der Waals surface area contributed by atoms with Crippen LogP contribution >= 0.6 is 11.6 Å². The van der Waals surface area contributed by atoms with Crippen molar-refractivity contribution in [3.63, 3.8) is 0 Å². The van der Waals surface area contributed by atoms with E-state index in [1.807, 2.05) is 31.2 Å². The molecule has 0 saturated carbocycles. The number of amides is 1. The lowest BCUT2D eigenvalue weighted by Crippen LogP contribution is -2.29. The van der Waals surface area contributed by atoms with Gasteiger partial charge in [0, 0.05) is 22.0 Å². The van der Waals surface area contributed by atoms with Gasteiger partial charge in [0.25, 0.3) is 5.91 Å². The monoisotopic (exact) mass is 480 g/mol. The van der Waals surface area contributed by atoms with Crippen molar-refractivity contribution in [2.75, 3.05) is 5.32 Å². The number of aliphatic carboxylic acids is 1. The fourth-order valence-corrected chi connectivity index (χ4v) is 3.88. The number of hydrogen-bond donors (Lipinski definition) is 2. The van der Waals surface area contributed by atoms with Crippen LogP contribution in [0.1, 0.15) is 59.7 Å². The fraction of sp³-hybridized carbons (Fsp3) is 0.296. The molecule has 2 N–H and O–H groups in total. The maximum atomic E-state index is 13.2. The molecule has 3 aromatic rings. The molecular weight excluding hydrogens is 452 g/mol. The summed E-state index contributed by atoms with van der Waals surface area (Å²) in [6.45, 7) is 10.8. The molecule has 1 atom stereocenters. The van der Waals surface area contributed by atoms with E-state index in [1.54, 1.807) is 58.9 Å². The Balaban J connectivity index is 2.21. The zero-order valence-corrected chi connectivity index (χ0v) is 20.9. The molecule has 0 fully saturated rings. The first kappa shape index (κ1) is 25.4. The highest BCUT2D eigenvalue weighted by molar-refractivity contribution is 6.30. The summed E-state index contributed by atoms with van der Waals surface area (Å²) >= 11 is 6.10. The number of nitrogens with zero attached hydrogens (tertiary/aromatic N) is 1. The standard InChI is InChI=1S/C27H29ClN2O4/c1-15-7-13-20(14-8-15)30-25(31)23-16(2)21(18-9-11-19(28)12-10-18)22(17(3)29-23)24(26(32)33)34-27(4,5)6/h7-14,24H,1-6H3,(H,30,31)(H,32,33)/t24-/m0/s1. The Kier molecular flexibility index (Phi) is 7.44. The van der Waals surface area contributed by atoms with Crippen molar-refractivity contribution in [2.24, 2.45) is 0 Å². The van der Waals surface area contributed by atoms with Gasteiger partial charge in [-0.25, -0.2) is 9.78 Å². The molecule has 0 radical (unpaired) electrons. The molecule has 34 heavy (non-hydrogen) atoms. The van der Waals surface area contributed by atoms with Crippen molar-refractivity contribution < 1.29 is 19.4 Å². The third kappa shape index (κ3) is 5.82. The topological polar surface area (TPSA) is 88.5 Å². The molecule has 0 unspecified atom stereocenters. The van der Waals surface area contributed by atoms with E-state index in [2.05, 4.69) is 10.3 Å². The van der Waals surface area contributed by atoms with Gasteiger partial charge in [-0.15, -0.1) is 0 Å². The molecule has 3 rings (SSSR count). The molecule has 1 amide bonds. The normalized spacial score (nSPS) is 12.3. The van der Waals surface area contributed by atoms with Crippen molar-refractivity contribution >= 4 is 29.2 Å². The summed E-state index contributed by atoms with van der Waals surface area (Å²) in [6.07, 6.45) is -1.27. The highest BCUT2D eigenvalue weighted by atomic mass is 35.5. The number of aryl methyl sites for hydroxylation is 2. The molecule has 1 aromatic heterocycles. The molecule has 0 bridgehead atoms. The van der Waals surface area contributed by atoms with Crippen LogP contribution in [0.3, 0.4) is 0 Å². The SMILES string of the molecule is Cc1ccc(NC(=O)c2nc(C)c([C@H](OC(C)(C)C)C(=O)O)c(-c3ccc(Cl)cc3)c2C)cc1. The van der Waals surface area contributed by atoms with Crippen LogP contribution < -0.4 is 5.32 Å². The van der Waals surface area contributed by atoms with Crippen LogP contribution in [0, 0.1) is 20.8 Å². The zero-order chi connectivity index (χ0) is 25.2. The lowest BCUT2D eigenvalue weighted by molar-refractivity contribution is -0.160. The van der Waals surface area contributed by atoms with Crippen molar-refractivity contribution in [2.45, 2.75) is 53.2 Å². The Labute approximate surface area is 204 Å². The third-order valence-corrected chi connectivity index (χ3v) is 5.54. The summed E-state index contributed by atoms with van der Waals surface area (Å²) in [7, 11) is 0. The van der Waals surface area contributed by atoms with E-state index in [0.29, 0.717) is 33.1 Å². The minimum absolute atomic E-state index is 0.215. The van der Waals surface area contributed by atoms with E-state index in [1.165, 1.54) is 0 Å². The predicted octanol–water partition coefficient (Wildman–Crippen LogP) is 6.52. The van der Waals surface area contributed by atoms with Crippen LogP contribution in [0.25, 0.3) is 11.1 Å². The minimum Gasteiger partial charge on any atom is -0.479 e. The summed E-state index contributed by atoms with van der Waals surface area (Å²) in [6, 6.07) is 14.5. The van der Waals surface area contributed by atoms with Crippen LogP contribution in [0.5, 0.6) is 0 Å². The lowest BCUT2D eigenvalue weighted by Gasteiger charge is -2.28. The van der Waals surface area contributed by atoms with Gasteiger partial charge in [-0.05, 0) is 82.5 Å². The second kappa shape index (κ2) is 9.95. The average Bonchev–Trinajstić information content (AvgIpc) is 2.75. The average molecular weight is 481 g/mol. The number of carboxylic acids is 1. The van der Waals surface area contributed by atoms with Gasteiger partial charge in [-0.1, -0.05) is 41.4 Å². The lowest BCUT2D eigenvalue weighted by atomic mass is 9.89. The number of ether oxygens (including phenoxy) is 1. The van der Waals surface area contributed by atoms with Crippen molar-refractivity contribution in [1.29, 1.82) is 0 Å². The van der Waals surface area contributed by atoms with Gasteiger partial charge in [0.15, 0.2) is 6.10 Å². The fourth-order valence-electron chi connectivity index (χ4n) is 3.76. The van der Waals surface area contributed by atoms with Gasteiger partial charge >= 0.3 is 5.97 Å². The molecule has 0 aliphatic carbocycles. The van der Waals surface area contributed by atoms with Gasteiger partial charge in [0.2, 0.25) is 0 Å². The number of benzene rings is 2. The van der Waals surface area contributed by atoms with Gasteiger partial charge in [-0.2, -0.15) is 0 Å². The summed E-state index contributed by atoms with van der Waals surface area (Å²) in [5, 5.41) is 13.5. The minimum atomic E-state index is -1.27. The first-order valence-electron chi connectivity index (χ1n) is 10.9. The maximum Gasteiger partial charge on any atom is 0.337 e. The highest BCUT2D eigenvalue weighted by Crippen LogP contribution is 2.38. The number of anilines is 1. The van der Waals surface area contributed by atoms with E-state index >= 15 is 0 Å². The zero-order valence-electron chi connectivity index (χ0n) is 20.2. The number of carboxylic acid groups (broad SMARTS) is 1. The molecule has 0 aliphatic rings. The molecule has 1 heterocycles. The van der Waals surface area contributed by atoms with Gasteiger partial charge < -0.3 is 15.2 Å². The number of hydrogen-bond acceptors (Lipinski definition) is 4. The molecule has 0 spiro atoms. The number of rotatable bonds is 6. The molecular formula is C27H29ClN2O4. The Bertz CT molecular complexity index is 1210. The highest BCUT2D eigenvalue weighted by Gasteiger charge is 2.33. The van der Waals surface area contributed by atoms with Crippen LogP contribution in [-0.4, -0.2) is 27.6 Å². The number of carbonyl (C=O) groups excluding carboxylic acids is 1. The van der Waals surface area contributed by atoms with E-state index in [9.17, 15) is 14.7 Å². The first-order valence-corrected chi connectivity index (χ1v) is 11.3. The molecule has 7 heteroatoms. The maximum absolute atomic E-state index is 13.2. The van der Waals surface area contributed by atoms with Crippen LogP contribution in [-0.2, 0) is 9.53 Å². The second-order valence-corrected chi connectivity index (χ2v) is 9.67. The number of carbonyl (C=O) groups is 2. The van der Waals surface area contributed by atoms with Crippen molar-refractivity contribution in [3.8, 4) is 11.1 Å². The van der Waals surface area contributed by atoms with E-state index in [4.69, 9.17) is 16.3 Å². The largest absolute Gasteiger partial charge is 0.479 e. The molecule has 2 aromatic carbocycles. The summed E-state index contributed by atoms with van der Waals surface area (Å²) in [4.78, 5) is 30.1. The summed E-state index contributed by atoms with van der Waals surface area (Å²) in [5.41, 5.74) is 3.90. The van der Waals surface area contributed by atoms with E-state index in [0.717, 1.165) is 11.1 Å². The number of halogens is 1. The van der Waals surface area contributed by atoms with Crippen molar-refractivity contribution in [1.82, 2.24) is 4.98 Å². The van der Waals surface area contributed by atoms with Crippen LogP contribution in [0.2, 0.25) is 5.02 Å². The Morgan fingerprint density at radius 1 is 1.00 bits per heavy atom. The van der Waals surface area contributed by atoms with Gasteiger partial charge in [0.05, 0.1) is 5.60 Å². The molecule has 178 valence electrons. The van der Waals surface area contributed by atoms with Crippen LogP contribution in [0.4, 0.5) is 5.69 Å². The van der Waals surface area contributed by atoms with E-state index in [-0.39, 0.29) is 11.6 Å². The Morgan fingerprint density at radius 2 is 1.59 bits per heavy atom. The second-order valence-electron chi connectivity index (χ2n) is 9.24. The van der Waals surface area contributed by atoms with Crippen molar-refractivity contribution in [3.05, 3.63) is 81.6 Å². The third-order valence-electron chi connectivity index (χ3n) is 5.28. The Morgan fingerprint density at radius 3 is 2.12 bits per heavy atom.